The largest absolute Gasteiger partial charge is 0.508 e. The second-order valence-corrected chi connectivity index (χ2v) is 2.26. The van der Waals surface area contributed by atoms with E-state index in [4.69, 9.17) is 16.2 Å². The van der Waals surface area contributed by atoms with E-state index in [0.29, 0.717) is 0 Å². The lowest BCUT2D eigenvalue weighted by molar-refractivity contribution is 0.451. The second-order valence-electron chi connectivity index (χ2n) is 2.26. The zero-order valence-electron chi connectivity index (χ0n) is 6.60. The van der Waals surface area contributed by atoms with E-state index in [9.17, 15) is 5.11 Å². The van der Waals surface area contributed by atoms with Crippen LogP contribution < -0.4 is 5.73 Å². The molecule has 68 valence electrons. The summed E-state index contributed by atoms with van der Waals surface area (Å²) < 4.78 is 0. The molecular formula is C7H8N4O2. The maximum Gasteiger partial charge on any atom is 0.232 e. The van der Waals surface area contributed by atoms with Crippen LogP contribution in [0.2, 0.25) is 0 Å². The first-order valence-corrected chi connectivity index (χ1v) is 3.37. The minimum absolute atomic E-state index is 0.0701. The number of nitrogens with zero attached hydrogens (tertiary/aromatic N) is 2. The van der Waals surface area contributed by atoms with Gasteiger partial charge in [0.15, 0.2) is 0 Å². The fourth-order valence-electron chi connectivity index (χ4n) is 0.704. The van der Waals surface area contributed by atoms with Crippen molar-refractivity contribution in [3.8, 4) is 11.5 Å². The van der Waals surface area contributed by atoms with E-state index in [0.717, 1.165) is 6.07 Å². The molecule has 6 nitrogen and oxygen atoms in total. The molecule has 0 heterocycles. The Morgan fingerprint density at radius 3 is 2.62 bits per heavy atom. The van der Waals surface area contributed by atoms with Gasteiger partial charge in [0, 0.05) is 6.07 Å². The summed E-state index contributed by atoms with van der Waals surface area (Å²) >= 11 is 0. The number of rotatable bonds is 1. The summed E-state index contributed by atoms with van der Waals surface area (Å²) in [5.74, 6) is -0.739. The van der Waals surface area contributed by atoms with Gasteiger partial charge in [-0.15, -0.1) is 10.2 Å². The number of azo groups is 1. The third-order valence-electron chi connectivity index (χ3n) is 1.22. The van der Waals surface area contributed by atoms with Crippen LogP contribution in [0.15, 0.2) is 28.4 Å². The van der Waals surface area contributed by atoms with Crippen LogP contribution in [0, 0.1) is 5.41 Å². The number of nitrogens with two attached hydrogens (primary N) is 1. The van der Waals surface area contributed by atoms with Gasteiger partial charge in [0.05, 0.1) is 0 Å². The number of guanidine groups is 1. The second kappa shape index (κ2) is 3.53. The van der Waals surface area contributed by atoms with E-state index in [1.54, 1.807) is 0 Å². The van der Waals surface area contributed by atoms with E-state index < -0.39 is 5.96 Å². The molecule has 0 fully saturated rings. The van der Waals surface area contributed by atoms with Crippen molar-refractivity contribution in [3.05, 3.63) is 18.2 Å². The summed E-state index contributed by atoms with van der Waals surface area (Å²) in [6.07, 6.45) is 0. The van der Waals surface area contributed by atoms with Crippen LogP contribution in [0.25, 0.3) is 0 Å². The van der Waals surface area contributed by atoms with Gasteiger partial charge in [0.25, 0.3) is 0 Å². The Labute approximate surface area is 73.9 Å². The molecule has 6 heteroatoms. The highest BCUT2D eigenvalue weighted by atomic mass is 16.3. The highest BCUT2D eigenvalue weighted by molar-refractivity contribution is 5.75. The third-order valence-corrected chi connectivity index (χ3v) is 1.22. The third kappa shape index (κ3) is 2.44. The number of aromatic hydroxyl groups is 2. The van der Waals surface area contributed by atoms with Gasteiger partial charge in [-0.25, -0.2) is 0 Å². The van der Waals surface area contributed by atoms with E-state index in [1.807, 2.05) is 0 Å². The normalized spacial score (nSPS) is 10.5. The lowest BCUT2D eigenvalue weighted by Crippen LogP contribution is -2.03. The van der Waals surface area contributed by atoms with Crippen molar-refractivity contribution < 1.29 is 10.2 Å². The van der Waals surface area contributed by atoms with Crippen molar-refractivity contribution in [1.82, 2.24) is 0 Å². The number of hydrogen-bond acceptors (Lipinski definition) is 4. The summed E-state index contributed by atoms with van der Waals surface area (Å²) in [6, 6.07) is 3.82. The minimum Gasteiger partial charge on any atom is -0.508 e. The van der Waals surface area contributed by atoms with Crippen LogP contribution in [-0.2, 0) is 0 Å². The Hall–Kier alpha value is -2.11. The highest BCUT2D eigenvalue weighted by Crippen LogP contribution is 2.29. The SMILES string of the molecule is N=C(N)N=Nc1ccc(O)cc1O. The molecule has 13 heavy (non-hydrogen) atoms. The molecule has 0 bridgehead atoms. The molecule has 0 radical (unpaired) electrons. The summed E-state index contributed by atoms with van der Waals surface area (Å²) in [7, 11) is 0. The molecule has 0 aromatic heterocycles. The summed E-state index contributed by atoms with van der Waals surface area (Å²) in [4.78, 5) is 0. The van der Waals surface area contributed by atoms with Gasteiger partial charge in [-0.3, -0.25) is 5.41 Å². The first kappa shape index (κ1) is 8.98. The maximum absolute atomic E-state index is 9.18. The van der Waals surface area contributed by atoms with Crippen LogP contribution >= 0.6 is 0 Å². The Morgan fingerprint density at radius 2 is 2.08 bits per heavy atom. The minimum atomic E-state index is -0.451. The number of phenols is 2. The van der Waals surface area contributed by atoms with Crippen LogP contribution in [0.1, 0.15) is 0 Å². The molecule has 1 aromatic rings. The Morgan fingerprint density at radius 1 is 1.38 bits per heavy atom. The smallest absolute Gasteiger partial charge is 0.232 e. The molecule has 0 aliphatic heterocycles. The van der Waals surface area contributed by atoms with Crippen molar-refractivity contribution in [2.24, 2.45) is 16.0 Å². The van der Waals surface area contributed by atoms with Crippen LogP contribution in [0.5, 0.6) is 11.5 Å². The van der Waals surface area contributed by atoms with E-state index in [1.165, 1.54) is 12.1 Å². The molecule has 0 atom stereocenters. The van der Waals surface area contributed by atoms with Gasteiger partial charge in [-0.05, 0) is 12.1 Å². The van der Waals surface area contributed by atoms with Crippen LogP contribution in [0.4, 0.5) is 5.69 Å². The van der Waals surface area contributed by atoms with Crippen molar-refractivity contribution >= 4 is 11.6 Å². The van der Waals surface area contributed by atoms with Crippen molar-refractivity contribution in [3.63, 3.8) is 0 Å². The predicted octanol–water partition coefficient (Wildman–Crippen LogP) is 1.07. The molecular weight excluding hydrogens is 172 g/mol. The van der Waals surface area contributed by atoms with Gasteiger partial charge in [-0.1, -0.05) is 0 Å². The topological polar surface area (TPSA) is 115 Å². The van der Waals surface area contributed by atoms with Crippen LogP contribution in [-0.4, -0.2) is 16.2 Å². The standard InChI is InChI=1S/C7H8N4O2/c8-7(9)11-10-5-2-1-4(12)3-6(5)13/h1-3,12-13H,(H3,8,9). The lowest BCUT2D eigenvalue weighted by Gasteiger charge is -1.97. The van der Waals surface area contributed by atoms with Gasteiger partial charge in [0.1, 0.15) is 17.2 Å². The average Bonchev–Trinajstić information content (AvgIpc) is 2.02. The molecule has 0 amide bonds. The van der Waals surface area contributed by atoms with Gasteiger partial charge < -0.3 is 15.9 Å². The molecule has 1 rings (SSSR count). The average molecular weight is 180 g/mol. The zero-order chi connectivity index (χ0) is 9.84. The summed E-state index contributed by atoms with van der Waals surface area (Å²) in [6.45, 7) is 0. The maximum atomic E-state index is 9.18. The fourth-order valence-corrected chi connectivity index (χ4v) is 0.704. The first-order valence-electron chi connectivity index (χ1n) is 3.37. The molecule has 0 saturated heterocycles. The number of hydrogen-bond donors (Lipinski definition) is 4. The van der Waals surface area contributed by atoms with Gasteiger partial charge >= 0.3 is 0 Å². The summed E-state index contributed by atoms with van der Waals surface area (Å²) in [5.41, 5.74) is 5.06. The Bertz CT molecular complexity index is 362. The molecule has 0 spiro atoms. The van der Waals surface area contributed by atoms with Crippen molar-refractivity contribution in [2.75, 3.05) is 0 Å². The predicted molar refractivity (Wildman–Crippen MR) is 46.2 cm³/mol. The van der Waals surface area contributed by atoms with Gasteiger partial charge in [-0.2, -0.15) is 0 Å². The molecule has 0 saturated carbocycles. The van der Waals surface area contributed by atoms with E-state index in [2.05, 4.69) is 10.2 Å². The lowest BCUT2D eigenvalue weighted by atomic mass is 10.3. The molecule has 0 aliphatic rings. The van der Waals surface area contributed by atoms with Crippen molar-refractivity contribution in [1.29, 1.82) is 5.41 Å². The van der Waals surface area contributed by atoms with Crippen molar-refractivity contribution in [2.45, 2.75) is 0 Å². The van der Waals surface area contributed by atoms with Gasteiger partial charge in [0.2, 0.25) is 5.96 Å². The quantitative estimate of drug-likeness (QED) is 0.294. The molecule has 0 aliphatic carbocycles. The first-order chi connectivity index (χ1) is 6.09. The monoisotopic (exact) mass is 180 g/mol. The van der Waals surface area contributed by atoms with Crippen LogP contribution in [0.3, 0.4) is 0 Å². The Balaban J connectivity index is 2.96. The number of phenolic OH excluding ortho intramolecular Hbond substituents is 2. The fraction of sp³-hybridized carbons (Fsp3) is 0. The molecule has 0 unspecified atom stereocenters. The number of benzene rings is 1. The molecule has 1 aromatic carbocycles. The zero-order valence-corrected chi connectivity index (χ0v) is 6.60. The number of nitrogens with one attached hydrogen (secondary N) is 1. The molecule has 5 N–H and O–H groups in total. The highest BCUT2D eigenvalue weighted by Gasteiger charge is 1.99. The van der Waals surface area contributed by atoms with E-state index >= 15 is 0 Å². The van der Waals surface area contributed by atoms with E-state index in [-0.39, 0.29) is 17.2 Å². The Kier molecular flexibility index (Phi) is 2.44. The summed E-state index contributed by atoms with van der Waals surface area (Å²) in [5, 5.41) is 31.5.